The first-order valence-corrected chi connectivity index (χ1v) is 10.7. The molecule has 2 aliphatic rings. The van der Waals surface area contributed by atoms with Crippen LogP contribution in [-0.2, 0) is 9.47 Å². The fraction of sp³-hybridized carbons (Fsp3) is 0.435. The Hall–Kier alpha value is -2.77. The second kappa shape index (κ2) is 9.36. The number of morpholine rings is 1. The molecule has 7 heteroatoms. The first-order chi connectivity index (χ1) is 14.8. The first-order valence-electron chi connectivity index (χ1n) is 10.7. The van der Waals surface area contributed by atoms with Crippen molar-refractivity contribution in [3.05, 3.63) is 48.2 Å². The summed E-state index contributed by atoms with van der Waals surface area (Å²) in [6.45, 7) is 10.6. The van der Waals surface area contributed by atoms with Crippen molar-refractivity contribution >= 4 is 17.0 Å². The lowest BCUT2D eigenvalue weighted by atomic mass is 10.1. The minimum atomic E-state index is 0.669. The number of imidazole rings is 1. The van der Waals surface area contributed by atoms with Gasteiger partial charge < -0.3 is 14.4 Å². The third-order valence-corrected chi connectivity index (χ3v) is 5.34. The van der Waals surface area contributed by atoms with Crippen LogP contribution in [0.1, 0.15) is 31.7 Å². The fourth-order valence-corrected chi connectivity index (χ4v) is 3.91. The van der Waals surface area contributed by atoms with Gasteiger partial charge in [-0.25, -0.2) is 9.97 Å². The molecule has 158 valence electrons. The van der Waals surface area contributed by atoms with Gasteiger partial charge >= 0.3 is 0 Å². The number of hydrogen-bond acceptors (Lipinski definition) is 6. The maximum absolute atomic E-state index is 5.48. The number of nitrogens with zero attached hydrogens (tertiary/aromatic N) is 5. The maximum atomic E-state index is 5.48. The topological polar surface area (TPSA) is 64.8 Å². The highest BCUT2D eigenvalue weighted by molar-refractivity contribution is 5.74. The number of anilines is 1. The summed E-state index contributed by atoms with van der Waals surface area (Å²) in [5.74, 6) is 0.914. The Morgan fingerprint density at radius 1 is 1.00 bits per heavy atom. The van der Waals surface area contributed by atoms with E-state index in [9.17, 15) is 0 Å². The van der Waals surface area contributed by atoms with Crippen LogP contribution in [-0.4, -0.2) is 58.9 Å². The highest BCUT2D eigenvalue weighted by Crippen LogP contribution is 2.29. The predicted molar refractivity (Wildman–Crippen MR) is 119 cm³/mol. The largest absolute Gasteiger partial charge is 0.378 e. The van der Waals surface area contributed by atoms with Crippen LogP contribution in [0.3, 0.4) is 0 Å². The molecule has 0 spiro atoms. The summed E-state index contributed by atoms with van der Waals surface area (Å²) in [7, 11) is 0. The zero-order valence-electron chi connectivity index (χ0n) is 18.0. The van der Waals surface area contributed by atoms with Crippen molar-refractivity contribution in [1.82, 2.24) is 19.4 Å². The third-order valence-electron chi connectivity index (χ3n) is 5.34. The standard InChI is InChI=1S/C21H23N5O2.C2H6/c1-15-19(17-2-3-18(23-14-17)16-4-10-27-11-5-16)26-7-6-22-20(21(26)24-15)25-8-12-28-13-9-25;1-2/h2-4,6-7,14H,5,8-13H2,1H3;1-2H3. The Morgan fingerprint density at radius 3 is 2.53 bits per heavy atom. The van der Waals surface area contributed by atoms with E-state index in [1.807, 2.05) is 39.4 Å². The molecule has 0 unspecified atom stereocenters. The molecule has 7 nitrogen and oxygen atoms in total. The first kappa shape index (κ1) is 20.5. The van der Waals surface area contributed by atoms with Gasteiger partial charge in [0.2, 0.25) is 0 Å². The molecule has 3 aromatic heterocycles. The van der Waals surface area contributed by atoms with Crippen LogP contribution in [0.5, 0.6) is 0 Å². The molecular formula is C23H29N5O2. The molecule has 3 aromatic rings. The minimum absolute atomic E-state index is 0.669. The van der Waals surface area contributed by atoms with E-state index in [1.54, 1.807) is 0 Å². The van der Waals surface area contributed by atoms with Gasteiger partial charge in [-0.2, -0.15) is 0 Å². The number of pyridine rings is 1. The summed E-state index contributed by atoms with van der Waals surface area (Å²) in [6, 6.07) is 4.22. The second-order valence-corrected chi connectivity index (χ2v) is 7.08. The van der Waals surface area contributed by atoms with Gasteiger partial charge in [-0.15, -0.1) is 0 Å². The van der Waals surface area contributed by atoms with E-state index in [0.29, 0.717) is 6.61 Å². The lowest BCUT2D eigenvalue weighted by molar-refractivity contribution is 0.122. The molecule has 1 fully saturated rings. The fourth-order valence-electron chi connectivity index (χ4n) is 3.91. The number of hydrogen-bond donors (Lipinski definition) is 0. The summed E-state index contributed by atoms with van der Waals surface area (Å²) in [5, 5.41) is 0. The predicted octanol–water partition coefficient (Wildman–Crippen LogP) is 3.77. The average molecular weight is 408 g/mol. The van der Waals surface area contributed by atoms with E-state index in [0.717, 1.165) is 73.4 Å². The van der Waals surface area contributed by atoms with E-state index in [1.165, 1.54) is 5.57 Å². The minimum Gasteiger partial charge on any atom is -0.378 e. The molecule has 0 saturated carbocycles. The van der Waals surface area contributed by atoms with Crippen LogP contribution >= 0.6 is 0 Å². The lowest BCUT2D eigenvalue weighted by Crippen LogP contribution is -2.37. The smallest absolute Gasteiger partial charge is 0.181 e. The molecule has 5 heterocycles. The summed E-state index contributed by atoms with van der Waals surface area (Å²) in [5.41, 5.74) is 6.25. The quantitative estimate of drug-likeness (QED) is 0.659. The molecular weight excluding hydrogens is 378 g/mol. The molecule has 0 aliphatic carbocycles. The van der Waals surface area contributed by atoms with Crippen molar-refractivity contribution in [3.63, 3.8) is 0 Å². The molecule has 0 bridgehead atoms. The number of rotatable bonds is 3. The van der Waals surface area contributed by atoms with Gasteiger partial charge in [0.15, 0.2) is 11.5 Å². The molecule has 30 heavy (non-hydrogen) atoms. The number of fused-ring (bicyclic) bond motifs is 1. The van der Waals surface area contributed by atoms with Gasteiger partial charge in [-0.05, 0) is 31.1 Å². The van der Waals surface area contributed by atoms with Crippen LogP contribution < -0.4 is 4.90 Å². The molecule has 0 N–H and O–H groups in total. The normalized spacial score (nSPS) is 16.8. The molecule has 0 radical (unpaired) electrons. The zero-order chi connectivity index (χ0) is 20.9. The van der Waals surface area contributed by atoms with Crippen molar-refractivity contribution in [2.75, 3.05) is 44.4 Å². The van der Waals surface area contributed by atoms with Gasteiger partial charge in [-0.3, -0.25) is 9.38 Å². The van der Waals surface area contributed by atoms with Crippen molar-refractivity contribution in [2.45, 2.75) is 27.2 Å². The van der Waals surface area contributed by atoms with Gasteiger partial charge in [0.05, 0.1) is 43.5 Å². The Bertz CT molecular complexity index is 1020. The number of aryl methyl sites for hydroxylation is 1. The molecule has 0 aromatic carbocycles. The molecule has 5 rings (SSSR count). The third kappa shape index (κ3) is 3.95. The lowest BCUT2D eigenvalue weighted by Gasteiger charge is -2.27. The Balaban J connectivity index is 0.00000106. The average Bonchev–Trinajstić information content (AvgIpc) is 3.17. The van der Waals surface area contributed by atoms with Gasteiger partial charge in [0.25, 0.3) is 0 Å². The molecule has 2 aliphatic heterocycles. The monoisotopic (exact) mass is 407 g/mol. The van der Waals surface area contributed by atoms with Crippen LogP contribution in [0.15, 0.2) is 36.8 Å². The molecule has 0 amide bonds. The van der Waals surface area contributed by atoms with Crippen molar-refractivity contribution in [2.24, 2.45) is 0 Å². The summed E-state index contributed by atoms with van der Waals surface area (Å²) < 4.78 is 13.0. The molecule has 1 saturated heterocycles. The van der Waals surface area contributed by atoms with E-state index in [2.05, 4.69) is 32.5 Å². The zero-order valence-corrected chi connectivity index (χ0v) is 18.0. The van der Waals surface area contributed by atoms with Gasteiger partial charge in [-0.1, -0.05) is 19.9 Å². The van der Waals surface area contributed by atoms with Crippen molar-refractivity contribution < 1.29 is 9.47 Å². The van der Waals surface area contributed by atoms with Gasteiger partial charge in [0, 0.05) is 37.2 Å². The molecule has 0 atom stereocenters. The SMILES string of the molecule is CC.Cc1nc2c(N3CCOCC3)nccn2c1-c1ccc(C2=CCOCC2)nc1. The Labute approximate surface area is 177 Å². The summed E-state index contributed by atoms with van der Waals surface area (Å²) in [6.07, 6.45) is 8.79. The van der Waals surface area contributed by atoms with Crippen LogP contribution in [0.25, 0.3) is 22.5 Å². The summed E-state index contributed by atoms with van der Waals surface area (Å²) >= 11 is 0. The maximum Gasteiger partial charge on any atom is 0.181 e. The van der Waals surface area contributed by atoms with Gasteiger partial charge in [0.1, 0.15) is 0 Å². The van der Waals surface area contributed by atoms with E-state index in [4.69, 9.17) is 19.4 Å². The van der Waals surface area contributed by atoms with Crippen molar-refractivity contribution in [1.29, 1.82) is 0 Å². The van der Waals surface area contributed by atoms with E-state index >= 15 is 0 Å². The van der Waals surface area contributed by atoms with E-state index < -0.39 is 0 Å². The second-order valence-electron chi connectivity index (χ2n) is 7.08. The number of ether oxygens (including phenoxy) is 2. The van der Waals surface area contributed by atoms with Crippen molar-refractivity contribution in [3.8, 4) is 11.3 Å². The van der Waals surface area contributed by atoms with E-state index in [-0.39, 0.29) is 0 Å². The number of aromatic nitrogens is 4. The highest BCUT2D eigenvalue weighted by atomic mass is 16.5. The highest BCUT2D eigenvalue weighted by Gasteiger charge is 2.20. The summed E-state index contributed by atoms with van der Waals surface area (Å²) in [4.78, 5) is 16.4. The Kier molecular flexibility index (Phi) is 6.40. The van der Waals surface area contributed by atoms with Crippen LogP contribution in [0, 0.1) is 6.92 Å². The Morgan fingerprint density at radius 2 is 1.83 bits per heavy atom. The van der Waals surface area contributed by atoms with Crippen LogP contribution in [0.2, 0.25) is 0 Å². The van der Waals surface area contributed by atoms with Crippen LogP contribution in [0.4, 0.5) is 5.82 Å².